The van der Waals surface area contributed by atoms with Gasteiger partial charge in [-0.1, -0.05) is 48.5 Å². The van der Waals surface area contributed by atoms with Crippen molar-refractivity contribution in [3.05, 3.63) is 96.1 Å². The molecule has 0 saturated heterocycles. The Bertz CT molecular complexity index is 978. The first-order valence-electron chi connectivity index (χ1n) is 9.51. The van der Waals surface area contributed by atoms with Gasteiger partial charge < -0.3 is 10.2 Å². The van der Waals surface area contributed by atoms with Gasteiger partial charge in [0.1, 0.15) is 11.6 Å². The molecule has 0 saturated carbocycles. The van der Waals surface area contributed by atoms with Crippen LogP contribution in [0.15, 0.2) is 90.5 Å². The summed E-state index contributed by atoms with van der Waals surface area (Å²) in [6.45, 7) is 3.73. The van der Waals surface area contributed by atoms with Crippen molar-refractivity contribution in [2.24, 2.45) is 0 Å². The number of nitrogens with zero attached hydrogens (tertiary/aromatic N) is 2. The summed E-state index contributed by atoms with van der Waals surface area (Å²) in [5.74, 6) is -0.359. The van der Waals surface area contributed by atoms with E-state index in [4.69, 9.17) is 0 Å². The van der Waals surface area contributed by atoms with Crippen LogP contribution in [-0.2, 0) is 4.79 Å². The molecule has 29 heavy (non-hydrogen) atoms. The number of amides is 1. The molecule has 144 valence electrons. The van der Waals surface area contributed by atoms with E-state index in [-0.39, 0.29) is 17.5 Å². The standard InChI is InChI=1S/C25H23N3O/c1-19(2)27-25(29)21(18-26)17-20-13-15-24(16-14-20)28(22-9-5-3-6-10-22)23-11-7-4-8-12-23/h3-17,19H,1-2H3,(H,27,29)/b21-17+. The predicted octanol–water partition coefficient (Wildman–Crippen LogP) is 5.59. The van der Waals surface area contributed by atoms with Gasteiger partial charge in [-0.2, -0.15) is 5.26 Å². The van der Waals surface area contributed by atoms with Gasteiger partial charge in [0.25, 0.3) is 5.91 Å². The SMILES string of the molecule is CC(C)NC(=O)/C(C#N)=C/c1ccc(N(c2ccccc2)c2ccccc2)cc1. The van der Waals surface area contributed by atoms with Gasteiger partial charge in [-0.3, -0.25) is 4.79 Å². The van der Waals surface area contributed by atoms with E-state index in [1.807, 2.05) is 80.6 Å². The highest BCUT2D eigenvalue weighted by atomic mass is 16.1. The van der Waals surface area contributed by atoms with Gasteiger partial charge in [0.05, 0.1) is 0 Å². The summed E-state index contributed by atoms with van der Waals surface area (Å²) < 4.78 is 0. The molecule has 0 aliphatic carbocycles. The van der Waals surface area contributed by atoms with Crippen LogP contribution in [-0.4, -0.2) is 11.9 Å². The highest BCUT2D eigenvalue weighted by Crippen LogP contribution is 2.34. The van der Waals surface area contributed by atoms with Crippen LogP contribution in [0, 0.1) is 11.3 Å². The third-order valence-corrected chi connectivity index (χ3v) is 4.28. The van der Waals surface area contributed by atoms with Crippen LogP contribution >= 0.6 is 0 Å². The second-order valence-electron chi connectivity index (χ2n) is 6.90. The Morgan fingerprint density at radius 1 is 0.862 bits per heavy atom. The van der Waals surface area contributed by atoms with Crippen LogP contribution in [0.3, 0.4) is 0 Å². The van der Waals surface area contributed by atoms with Gasteiger partial charge in [-0.15, -0.1) is 0 Å². The molecule has 0 spiro atoms. The number of benzene rings is 3. The fraction of sp³-hybridized carbons (Fsp3) is 0.120. The molecular weight excluding hydrogens is 358 g/mol. The van der Waals surface area contributed by atoms with Crippen molar-refractivity contribution in [3.63, 3.8) is 0 Å². The highest BCUT2D eigenvalue weighted by Gasteiger charge is 2.13. The third kappa shape index (κ3) is 5.12. The van der Waals surface area contributed by atoms with Crippen molar-refractivity contribution in [2.75, 3.05) is 4.90 Å². The largest absolute Gasteiger partial charge is 0.349 e. The second-order valence-corrected chi connectivity index (χ2v) is 6.90. The van der Waals surface area contributed by atoms with Crippen LogP contribution < -0.4 is 10.2 Å². The Labute approximate surface area is 171 Å². The molecule has 0 heterocycles. The number of carbonyl (C=O) groups is 1. The lowest BCUT2D eigenvalue weighted by Crippen LogP contribution is -2.30. The molecule has 4 heteroatoms. The fourth-order valence-corrected chi connectivity index (χ4v) is 2.98. The van der Waals surface area contributed by atoms with Gasteiger partial charge in [-0.05, 0) is 61.9 Å². The summed E-state index contributed by atoms with van der Waals surface area (Å²) in [4.78, 5) is 14.3. The number of carbonyl (C=O) groups excluding carboxylic acids is 1. The summed E-state index contributed by atoms with van der Waals surface area (Å²) in [6, 6.07) is 30.0. The van der Waals surface area contributed by atoms with Crippen molar-refractivity contribution in [2.45, 2.75) is 19.9 Å². The smallest absolute Gasteiger partial charge is 0.262 e. The van der Waals surface area contributed by atoms with E-state index in [0.717, 1.165) is 22.6 Å². The number of nitriles is 1. The molecule has 0 aromatic heterocycles. The van der Waals surface area contributed by atoms with Gasteiger partial charge in [0.15, 0.2) is 0 Å². The lowest BCUT2D eigenvalue weighted by atomic mass is 10.1. The number of nitrogens with one attached hydrogen (secondary N) is 1. The molecule has 0 radical (unpaired) electrons. The summed E-state index contributed by atoms with van der Waals surface area (Å²) in [5.41, 5.74) is 3.98. The van der Waals surface area contributed by atoms with Crippen LogP contribution in [0.25, 0.3) is 6.08 Å². The Morgan fingerprint density at radius 2 is 1.34 bits per heavy atom. The van der Waals surface area contributed by atoms with Crippen LogP contribution in [0.4, 0.5) is 17.1 Å². The van der Waals surface area contributed by atoms with E-state index in [2.05, 4.69) is 34.5 Å². The van der Waals surface area contributed by atoms with Crippen LogP contribution in [0.5, 0.6) is 0 Å². The van der Waals surface area contributed by atoms with Crippen molar-refractivity contribution in [3.8, 4) is 6.07 Å². The van der Waals surface area contributed by atoms with Crippen LogP contribution in [0.1, 0.15) is 19.4 Å². The molecule has 0 fully saturated rings. The van der Waals surface area contributed by atoms with Crippen molar-refractivity contribution < 1.29 is 4.79 Å². The minimum atomic E-state index is -0.359. The zero-order chi connectivity index (χ0) is 20.6. The molecule has 3 aromatic rings. The highest BCUT2D eigenvalue weighted by molar-refractivity contribution is 6.01. The third-order valence-electron chi connectivity index (χ3n) is 4.28. The number of anilines is 3. The molecule has 1 N–H and O–H groups in total. The van der Waals surface area contributed by atoms with Crippen LogP contribution in [0.2, 0.25) is 0 Å². The maximum atomic E-state index is 12.1. The lowest BCUT2D eigenvalue weighted by molar-refractivity contribution is -0.117. The molecule has 3 aromatic carbocycles. The zero-order valence-corrected chi connectivity index (χ0v) is 16.5. The van der Waals surface area contributed by atoms with E-state index < -0.39 is 0 Å². The van der Waals surface area contributed by atoms with Gasteiger partial charge >= 0.3 is 0 Å². The van der Waals surface area contributed by atoms with E-state index in [1.54, 1.807) is 6.08 Å². The molecular formula is C25H23N3O. The topological polar surface area (TPSA) is 56.1 Å². The average Bonchev–Trinajstić information content (AvgIpc) is 2.74. The van der Waals surface area contributed by atoms with Gasteiger partial charge in [-0.25, -0.2) is 0 Å². The number of para-hydroxylation sites is 2. The number of hydrogen-bond acceptors (Lipinski definition) is 3. The normalized spacial score (nSPS) is 11.0. The Hall–Kier alpha value is -3.84. The lowest BCUT2D eigenvalue weighted by Gasteiger charge is -2.25. The predicted molar refractivity (Wildman–Crippen MR) is 118 cm³/mol. The summed E-state index contributed by atoms with van der Waals surface area (Å²) in [7, 11) is 0. The molecule has 0 bridgehead atoms. The number of rotatable bonds is 6. The zero-order valence-electron chi connectivity index (χ0n) is 16.5. The number of hydrogen-bond donors (Lipinski definition) is 1. The first-order valence-corrected chi connectivity index (χ1v) is 9.51. The Kier molecular flexibility index (Phi) is 6.44. The molecule has 1 amide bonds. The summed E-state index contributed by atoms with van der Waals surface area (Å²) >= 11 is 0. The quantitative estimate of drug-likeness (QED) is 0.447. The molecule has 0 aliphatic heterocycles. The Morgan fingerprint density at radius 3 is 1.79 bits per heavy atom. The van der Waals surface area contributed by atoms with Gasteiger partial charge in [0.2, 0.25) is 0 Å². The first-order chi connectivity index (χ1) is 14.1. The second kappa shape index (κ2) is 9.38. The molecule has 0 atom stereocenters. The van der Waals surface area contributed by atoms with E-state index in [9.17, 15) is 10.1 Å². The molecule has 0 unspecified atom stereocenters. The summed E-state index contributed by atoms with van der Waals surface area (Å²) in [6.07, 6.45) is 1.61. The monoisotopic (exact) mass is 381 g/mol. The van der Waals surface area contributed by atoms with Crippen molar-refractivity contribution in [1.29, 1.82) is 5.26 Å². The first kappa shape index (κ1) is 19.9. The average molecular weight is 381 g/mol. The van der Waals surface area contributed by atoms with E-state index in [1.165, 1.54) is 0 Å². The minimum absolute atomic E-state index is 0.0214. The van der Waals surface area contributed by atoms with Gasteiger partial charge in [0, 0.05) is 23.1 Å². The Balaban J connectivity index is 1.93. The van der Waals surface area contributed by atoms with Crippen molar-refractivity contribution >= 4 is 29.0 Å². The fourth-order valence-electron chi connectivity index (χ4n) is 2.98. The van der Waals surface area contributed by atoms with Crippen molar-refractivity contribution in [1.82, 2.24) is 5.32 Å². The maximum Gasteiger partial charge on any atom is 0.262 e. The molecule has 0 aliphatic rings. The summed E-state index contributed by atoms with van der Waals surface area (Å²) in [5, 5.41) is 12.1. The maximum absolute atomic E-state index is 12.1. The minimum Gasteiger partial charge on any atom is -0.349 e. The molecule has 4 nitrogen and oxygen atoms in total. The van der Waals surface area contributed by atoms with E-state index in [0.29, 0.717) is 0 Å². The van der Waals surface area contributed by atoms with E-state index >= 15 is 0 Å². The molecule has 3 rings (SSSR count).